The fourth-order valence-electron chi connectivity index (χ4n) is 3.51. The monoisotopic (exact) mass is 420 g/mol. The average Bonchev–Trinajstić information content (AvgIpc) is 3.17. The first kappa shape index (κ1) is 20.0. The number of fused-ring (bicyclic) bond motifs is 1. The number of nitrogens with one attached hydrogen (secondary N) is 1. The van der Waals surface area contributed by atoms with Gasteiger partial charge < -0.3 is 15.0 Å². The molecule has 0 atom stereocenters. The minimum absolute atomic E-state index is 0.136. The molecule has 4 rings (SSSR count). The molecule has 1 aromatic carbocycles. The Bertz CT molecular complexity index is 825. The first-order valence-corrected chi connectivity index (χ1v) is 10.9. The predicted molar refractivity (Wildman–Crippen MR) is 108 cm³/mol. The Morgan fingerprint density at radius 3 is 2.72 bits per heavy atom. The van der Waals surface area contributed by atoms with E-state index in [0.717, 1.165) is 25.4 Å². The highest BCUT2D eigenvalue weighted by atomic mass is 32.2. The average molecular weight is 421 g/mol. The van der Waals surface area contributed by atoms with Crippen LogP contribution in [0.25, 0.3) is 0 Å². The Hall–Kier alpha value is -2.33. The number of amides is 2. The van der Waals surface area contributed by atoms with Gasteiger partial charge >= 0.3 is 6.03 Å². The van der Waals surface area contributed by atoms with Crippen molar-refractivity contribution in [1.82, 2.24) is 25.1 Å². The molecule has 3 heterocycles. The van der Waals surface area contributed by atoms with Gasteiger partial charge in [-0.05, 0) is 50.2 Å². The van der Waals surface area contributed by atoms with E-state index in [1.165, 1.54) is 31.4 Å². The van der Waals surface area contributed by atoms with E-state index in [1.807, 2.05) is 0 Å². The van der Waals surface area contributed by atoms with E-state index in [9.17, 15) is 9.18 Å². The highest BCUT2D eigenvalue weighted by Crippen LogP contribution is 2.23. The fourth-order valence-corrected chi connectivity index (χ4v) is 4.38. The summed E-state index contributed by atoms with van der Waals surface area (Å²) >= 11 is 1.56. The Balaban J connectivity index is 1.36. The van der Waals surface area contributed by atoms with Crippen LogP contribution in [-0.4, -0.2) is 64.3 Å². The Labute approximate surface area is 173 Å². The maximum Gasteiger partial charge on any atom is 0.336 e. The Kier molecular flexibility index (Phi) is 6.50. The molecule has 156 valence electrons. The van der Waals surface area contributed by atoms with Gasteiger partial charge in [-0.1, -0.05) is 18.2 Å². The molecule has 0 spiro atoms. The predicted octanol–water partition coefficient (Wildman–Crippen LogP) is 2.24. The molecule has 8 nitrogen and oxygen atoms in total. The van der Waals surface area contributed by atoms with E-state index in [4.69, 9.17) is 4.74 Å². The van der Waals surface area contributed by atoms with E-state index in [2.05, 4.69) is 20.4 Å². The van der Waals surface area contributed by atoms with Gasteiger partial charge in [0.2, 0.25) is 5.16 Å². The van der Waals surface area contributed by atoms with Gasteiger partial charge in [0.15, 0.2) is 5.82 Å². The van der Waals surface area contributed by atoms with Crippen molar-refractivity contribution in [3.8, 4) is 5.75 Å². The second kappa shape index (κ2) is 9.45. The third-order valence-electron chi connectivity index (χ3n) is 5.02. The highest BCUT2D eigenvalue weighted by Gasteiger charge is 2.27. The lowest BCUT2D eigenvalue weighted by atomic mass is 10.1. The molecule has 0 unspecified atom stereocenters. The minimum Gasteiger partial charge on any atom is -0.486 e. The third kappa shape index (κ3) is 4.99. The van der Waals surface area contributed by atoms with Gasteiger partial charge in [-0.25, -0.2) is 18.9 Å². The zero-order chi connectivity index (χ0) is 20.1. The molecule has 1 saturated heterocycles. The summed E-state index contributed by atoms with van der Waals surface area (Å²) in [6.45, 7) is 4.39. The summed E-state index contributed by atoms with van der Waals surface area (Å²) in [5.74, 6) is 1.50. The number of benzene rings is 1. The molecule has 1 aromatic heterocycles. The molecule has 2 aromatic rings. The van der Waals surface area contributed by atoms with Crippen LogP contribution in [0, 0.1) is 5.82 Å². The van der Waals surface area contributed by atoms with Crippen LogP contribution >= 0.6 is 11.8 Å². The van der Waals surface area contributed by atoms with E-state index in [-0.39, 0.29) is 18.5 Å². The molecule has 0 bridgehead atoms. The number of rotatable bonds is 6. The number of nitrogens with zero attached hydrogens (tertiary/aromatic N) is 5. The van der Waals surface area contributed by atoms with Gasteiger partial charge in [0.1, 0.15) is 18.2 Å². The van der Waals surface area contributed by atoms with Crippen molar-refractivity contribution < 1.29 is 13.9 Å². The number of hydrogen-bond donors (Lipinski definition) is 1. The molecule has 10 heteroatoms. The lowest BCUT2D eigenvalue weighted by molar-refractivity contribution is 0.219. The summed E-state index contributed by atoms with van der Waals surface area (Å²) in [5.41, 5.74) is 0. The highest BCUT2D eigenvalue weighted by molar-refractivity contribution is 7.99. The number of aromatic nitrogens is 3. The number of hydrogen-bond acceptors (Lipinski definition) is 6. The molecule has 0 radical (unpaired) electrons. The van der Waals surface area contributed by atoms with Gasteiger partial charge in [0.25, 0.3) is 0 Å². The molecular formula is C19H25FN6O2S. The number of likely N-dealkylation sites (tertiary alicyclic amines) is 1. The van der Waals surface area contributed by atoms with Crippen molar-refractivity contribution in [1.29, 1.82) is 0 Å². The minimum atomic E-state index is -0.319. The normalized spacial score (nSPS) is 17.1. The number of thioether (sulfide) groups is 1. The summed E-state index contributed by atoms with van der Waals surface area (Å²) in [7, 11) is 0. The van der Waals surface area contributed by atoms with Gasteiger partial charge in [0.05, 0.1) is 6.54 Å². The molecule has 1 N–H and O–H groups in total. The van der Waals surface area contributed by atoms with Crippen molar-refractivity contribution in [2.45, 2.75) is 31.0 Å². The van der Waals surface area contributed by atoms with Gasteiger partial charge in [0, 0.05) is 18.8 Å². The molecular weight excluding hydrogens is 395 g/mol. The van der Waals surface area contributed by atoms with Gasteiger partial charge in [-0.2, -0.15) is 0 Å². The molecule has 2 amide bonds. The van der Waals surface area contributed by atoms with Gasteiger partial charge in [-0.3, -0.25) is 0 Å². The summed E-state index contributed by atoms with van der Waals surface area (Å²) in [6.07, 6.45) is 3.77. The topological polar surface area (TPSA) is 75.5 Å². The van der Waals surface area contributed by atoms with E-state index in [1.54, 1.807) is 33.6 Å². The maximum absolute atomic E-state index is 13.0. The standard InChI is InChI=1S/C19H25FN6O2S/c20-15-4-6-16(7-5-15)28-14-17-22-23-19-26(17)25(12-13-29-19)18(27)21-8-11-24-9-2-1-3-10-24/h4-7H,1-3,8-14H2,(H,21,27). The van der Waals surface area contributed by atoms with Crippen LogP contribution in [0.1, 0.15) is 25.1 Å². The maximum atomic E-state index is 13.0. The third-order valence-corrected chi connectivity index (χ3v) is 5.92. The van der Waals surface area contributed by atoms with Crippen LogP contribution in [0.15, 0.2) is 29.4 Å². The number of halogens is 1. The van der Waals surface area contributed by atoms with Crippen LogP contribution in [0.5, 0.6) is 5.75 Å². The van der Waals surface area contributed by atoms with E-state index in [0.29, 0.717) is 29.8 Å². The van der Waals surface area contributed by atoms with Crippen LogP contribution in [0.3, 0.4) is 0 Å². The zero-order valence-electron chi connectivity index (χ0n) is 16.2. The largest absolute Gasteiger partial charge is 0.486 e. The summed E-state index contributed by atoms with van der Waals surface area (Å²) in [6, 6.07) is 5.64. The molecule has 1 fully saturated rings. The van der Waals surface area contributed by atoms with Crippen LogP contribution in [0.2, 0.25) is 0 Å². The fraction of sp³-hybridized carbons (Fsp3) is 0.526. The number of piperidine rings is 1. The first-order chi connectivity index (χ1) is 14.2. The smallest absolute Gasteiger partial charge is 0.336 e. The Morgan fingerprint density at radius 2 is 1.93 bits per heavy atom. The van der Waals surface area contributed by atoms with Crippen molar-refractivity contribution in [3.63, 3.8) is 0 Å². The quantitative estimate of drug-likeness (QED) is 0.773. The lowest BCUT2D eigenvalue weighted by Gasteiger charge is -2.30. The van der Waals surface area contributed by atoms with Crippen LogP contribution in [0.4, 0.5) is 9.18 Å². The van der Waals surface area contributed by atoms with Crippen molar-refractivity contribution in [3.05, 3.63) is 35.9 Å². The van der Waals surface area contributed by atoms with Crippen molar-refractivity contribution in [2.24, 2.45) is 0 Å². The summed E-state index contributed by atoms with van der Waals surface area (Å²) < 4.78 is 20.5. The number of carbonyl (C=O) groups is 1. The number of urea groups is 1. The second-order valence-electron chi connectivity index (χ2n) is 7.06. The number of ether oxygens (including phenoxy) is 1. The van der Waals surface area contributed by atoms with E-state index < -0.39 is 0 Å². The molecule has 29 heavy (non-hydrogen) atoms. The first-order valence-electron chi connectivity index (χ1n) is 9.94. The van der Waals surface area contributed by atoms with E-state index >= 15 is 0 Å². The van der Waals surface area contributed by atoms with Crippen LogP contribution < -0.4 is 15.1 Å². The molecule has 0 saturated carbocycles. The van der Waals surface area contributed by atoms with Crippen molar-refractivity contribution in [2.75, 3.05) is 43.5 Å². The lowest BCUT2D eigenvalue weighted by Crippen LogP contribution is -2.52. The summed E-state index contributed by atoms with van der Waals surface area (Å²) in [5, 5.41) is 13.7. The van der Waals surface area contributed by atoms with Crippen LogP contribution in [-0.2, 0) is 6.61 Å². The van der Waals surface area contributed by atoms with Gasteiger partial charge in [-0.15, -0.1) is 10.2 Å². The molecule has 2 aliphatic rings. The molecule has 2 aliphatic heterocycles. The zero-order valence-corrected chi connectivity index (χ0v) is 17.0. The second-order valence-corrected chi connectivity index (χ2v) is 8.12. The molecule has 0 aliphatic carbocycles. The number of carbonyl (C=O) groups excluding carboxylic acids is 1. The van der Waals surface area contributed by atoms with Crippen molar-refractivity contribution >= 4 is 17.8 Å². The Morgan fingerprint density at radius 1 is 1.14 bits per heavy atom. The SMILES string of the molecule is O=C(NCCN1CCCCC1)N1CCSc2nnc(COc3ccc(F)cc3)n21. The summed E-state index contributed by atoms with van der Waals surface area (Å²) in [4.78, 5) is 15.2.